The molecule has 2 rings (SSSR count). The second-order valence-electron chi connectivity index (χ2n) is 5.07. The molecule has 1 aromatic rings. The number of para-hydroxylation sites is 1. The fourth-order valence-corrected chi connectivity index (χ4v) is 2.69. The minimum Gasteiger partial charge on any atom is -0.374 e. The molecule has 1 fully saturated rings. The highest BCUT2D eigenvalue weighted by molar-refractivity contribution is 5.62. The van der Waals surface area contributed by atoms with Crippen molar-refractivity contribution in [1.29, 1.82) is 0 Å². The van der Waals surface area contributed by atoms with Crippen LogP contribution in [0.5, 0.6) is 0 Å². The van der Waals surface area contributed by atoms with Crippen LogP contribution in [-0.4, -0.2) is 17.1 Å². The molecule has 1 N–H and O–H groups in total. The summed E-state index contributed by atoms with van der Waals surface area (Å²) in [6, 6.07) is 2.16. The molecule has 1 aromatic carbocycles. The maximum atomic E-state index is 13.7. The van der Waals surface area contributed by atoms with Crippen molar-refractivity contribution in [3.63, 3.8) is 0 Å². The van der Waals surface area contributed by atoms with E-state index >= 15 is 0 Å². The normalized spacial score (nSPS) is 22.9. The molecule has 4 nitrogen and oxygen atoms in total. The average molecular weight is 306 g/mol. The number of nitrogens with one attached hydrogen (secondary N) is 1. The monoisotopic (exact) mass is 306 g/mol. The zero-order valence-corrected chi connectivity index (χ0v) is 11.0. The highest BCUT2D eigenvalue weighted by atomic mass is 19.4. The molecule has 1 aliphatic rings. The van der Waals surface area contributed by atoms with Crippen LogP contribution in [0.25, 0.3) is 0 Å². The molecule has 0 saturated heterocycles. The lowest BCUT2D eigenvalue weighted by Gasteiger charge is -2.34. The molecular weight excluding hydrogens is 292 g/mol. The Morgan fingerprint density at radius 1 is 1.24 bits per heavy atom. The van der Waals surface area contributed by atoms with E-state index in [1.165, 1.54) is 0 Å². The second kappa shape index (κ2) is 5.87. The maximum absolute atomic E-state index is 13.7. The molecule has 1 saturated carbocycles. The van der Waals surface area contributed by atoms with Gasteiger partial charge < -0.3 is 5.32 Å². The summed E-state index contributed by atoms with van der Waals surface area (Å²) in [6.07, 6.45) is -3.23. The third-order valence-corrected chi connectivity index (χ3v) is 3.70. The van der Waals surface area contributed by atoms with Crippen LogP contribution in [0.1, 0.15) is 25.7 Å². The smallest absolute Gasteiger partial charge is 0.374 e. The lowest BCUT2D eigenvalue weighted by Crippen LogP contribution is -2.41. The van der Waals surface area contributed by atoms with Crippen LogP contribution in [0.4, 0.5) is 28.9 Å². The van der Waals surface area contributed by atoms with E-state index in [0.29, 0.717) is 12.8 Å². The molecule has 116 valence electrons. The number of hydrogen-bond acceptors (Lipinski definition) is 3. The summed E-state index contributed by atoms with van der Waals surface area (Å²) in [7, 11) is 0. The molecule has 8 heteroatoms. The number of halogens is 4. The van der Waals surface area contributed by atoms with Crippen molar-refractivity contribution in [2.75, 3.05) is 5.32 Å². The van der Waals surface area contributed by atoms with Gasteiger partial charge in [-0.1, -0.05) is 18.9 Å². The lowest BCUT2D eigenvalue weighted by atomic mass is 9.84. The number of rotatable bonds is 3. The van der Waals surface area contributed by atoms with Crippen molar-refractivity contribution < 1.29 is 22.5 Å². The molecule has 21 heavy (non-hydrogen) atoms. The largest absolute Gasteiger partial charge is 0.393 e. The van der Waals surface area contributed by atoms with Crippen LogP contribution in [0, 0.1) is 21.8 Å². The van der Waals surface area contributed by atoms with Gasteiger partial charge in [0.05, 0.1) is 10.8 Å². The number of anilines is 1. The Balaban J connectivity index is 2.30. The molecule has 1 aliphatic carbocycles. The van der Waals surface area contributed by atoms with Crippen LogP contribution < -0.4 is 5.32 Å². The van der Waals surface area contributed by atoms with E-state index in [-0.39, 0.29) is 12.8 Å². The van der Waals surface area contributed by atoms with Crippen molar-refractivity contribution in [2.45, 2.75) is 37.9 Å². The number of hydrogen-bond donors (Lipinski definition) is 1. The van der Waals surface area contributed by atoms with Crippen molar-refractivity contribution in [3.05, 3.63) is 34.1 Å². The Hall–Kier alpha value is -1.86. The highest BCUT2D eigenvalue weighted by Gasteiger charge is 2.46. The Morgan fingerprint density at radius 3 is 2.52 bits per heavy atom. The third kappa shape index (κ3) is 3.43. The minimum absolute atomic E-state index is 0.0522. The van der Waals surface area contributed by atoms with E-state index in [4.69, 9.17) is 0 Å². The first-order chi connectivity index (χ1) is 9.80. The minimum atomic E-state index is -4.40. The molecule has 0 aliphatic heterocycles. The van der Waals surface area contributed by atoms with Gasteiger partial charge in [-0.25, -0.2) is 4.39 Å². The Kier molecular flexibility index (Phi) is 4.34. The Bertz CT molecular complexity index is 533. The van der Waals surface area contributed by atoms with Crippen molar-refractivity contribution in [2.24, 2.45) is 5.92 Å². The maximum Gasteiger partial charge on any atom is 0.393 e. The van der Waals surface area contributed by atoms with Gasteiger partial charge in [0.2, 0.25) is 0 Å². The third-order valence-electron chi connectivity index (χ3n) is 3.70. The predicted octanol–water partition coefficient (Wildman–Crippen LogP) is 4.27. The summed E-state index contributed by atoms with van der Waals surface area (Å²) in [5.74, 6) is -2.54. The van der Waals surface area contributed by atoms with Crippen LogP contribution in [0.2, 0.25) is 0 Å². The number of nitro benzene ring substituents is 1. The van der Waals surface area contributed by atoms with Crippen LogP contribution in [-0.2, 0) is 0 Å². The van der Waals surface area contributed by atoms with Gasteiger partial charge in [0.25, 0.3) is 5.69 Å². The zero-order valence-electron chi connectivity index (χ0n) is 11.0. The van der Waals surface area contributed by atoms with Crippen molar-refractivity contribution in [3.8, 4) is 0 Å². The van der Waals surface area contributed by atoms with Crippen LogP contribution in [0.3, 0.4) is 0 Å². The number of nitro groups is 1. The summed E-state index contributed by atoms with van der Waals surface area (Å²) < 4.78 is 52.7. The van der Waals surface area contributed by atoms with Gasteiger partial charge in [-0.15, -0.1) is 0 Å². The van der Waals surface area contributed by atoms with E-state index < -0.39 is 40.3 Å². The van der Waals surface area contributed by atoms with Crippen molar-refractivity contribution >= 4 is 11.4 Å². The molecular formula is C13H14F4N2O2. The van der Waals surface area contributed by atoms with Gasteiger partial charge in [0.15, 0.2) is 5.82 Å². The highest BCUT2D eigenvalue weighted by Crippen LogP contribution is 2.40. The number of alkyl halides is 3. The van der Waals surface area contributed by atoms with E-state index in [1.807, 2.05) is 0 Å². The topological polar surface area (TPSA) is 55.2 Å². The van der Waals surface area contributed by atoms with Gasteiger partial charge in [-0.3, -0.25) is 10.1 Å². The molecule has 0 amide bonds. The summed E-state index contributed by atoms with van der Waals surface area (Å²) >= 11 is 0. The van der Waals surface area contributed by atoms with Crippen molar-refractivity contribution in [1.82, 2.24) is 0 Å². The first-order valence-electron chi connectivity index (χ1n) is 6.57. The fraction of sp³-hybridized carbons (Fsp3) is 0.538. The van der Waals surface area contributed by atoms with Gasteiger partial charge in [0, 0.05) is 12.1 Å². The summed E-state index contributed by atoms with van der Waals surface area (Å²) in [6.45, 7) is 0. The van der Waals surface area contributed by atoms with E-state index in [2.05, 4.69) is 5.32 Å². The van der Waals surface area contributed by atoms with E-state index in [9.17, 15) is 27.7 Å². The SMILES string of the molecule is O=[N+]([O-])c1cccc(F)c1NC1CCCCC1C(F)(F)F. The number of nitrogens with zero attached hydrogens (tertiary/aromatic N) is 1. The van der Waals surface area contributed by atoms with E-state index in [1.54, 1.807) is 0 Å². The first kappa shape index (κ1) is 15.5. The van der Waals surface area contributed by atoms with Gasteiger partial charge in [-0.2, -0.15) is 13.2 Å². The molecule has 0 bridgehead atoms. The van der Waals surface area contributed by atoms with E-state index in [0.717, 1.165) is 18.2 Å². The average Bonchev–Trinajstić information content (AvgIpc) is 2.40. The lowest BCUT2D eigenvalue weighted by molar-refractivity contribution is -0.384. The fourth-order valence-electron chi connectivity index (χ4n) is 2.69. The summed E-state index contributed by atoms with van der Waals surface area (Å²) in [4.78, 5) is 10.1. The Morgan fingerprint density at radius 2 is 1.90 bits per heavy atom. The van der Waals surface area contributed by atoms with Crippen LogP contribution in [0.15, 0.2) is 18.2 Å². The Labute approximate surface area is 118 Å². The van der Waals surface area contributed by atoms with Gasteiger partial charge in [-0.05, 0) is 18.9 Å². The molecule has 2 unspecified atom stereocenters. The number of benzene rings is 1. The molecule has 0 radical (unpaired) electrons. The standard InChI is InChI=1S/C13H14F4N2O2/c14-9-5-3-7-11(19(20)21)12(9)18-10-6-2-1-4-8(10)13(15,16)17/h3,5,7-8,10,18H,1-2,4,6H2. The molecule has 0 heterocycles. The zero-order chi connectivity index (χ0) is 15.6. The molecule has 0 aromatic heterocycles. The second-order valence-corrected chi connectivity index (χ2v) is 5.07. The quantitative estimate of drug-likeness (QED) is 0.515. The van der Waals surface area contributed by atoms with Crippen LogP contribution >= 0.6 is 0 Å². The summed E-state index contributed by atoms with van der Waals surface area (Å²) in [5, 5.41) is 13.3. The summed E-state index contributed by atoms with van der Waals surface area (Å²) in [5.41, 5.74) is -1.02. The van der Waals surface area contributed by atoms with Gasteiger partial charge >= 0.3 is 6.18 Å². The molecule has 0 spiro atoms. The first-order valence-corrected chi connectivity index (χ1v) is 6.57. The molecule has 2 atom stereocenters. The van der Waals surface area contributed by atoms with Gasteiger partial charge in [0.1, 0.15) is 5.69 Å². The predicted molar refractivity (Wildman–Crippen MR) is 68.5 cm³/mol.